The van der Waals surface area contributed by atoms with Gasteiger partial charge in [-0.05, 0) is 44.3 Å². The van der Waals surface area contributed by atoms with Crippen LogP contribution in [0.15, 0.2) is 76.5 Å². The number of aromatic nitrogens is 5. The molecule has 1 fully saturated rings. The van der Waals surface area contributed by atoms with Gasteiger partial charge >= 0.3 is 0 Å². The van der Waals surface area contributed by atoms with Crippen molar-refractivity contribution in [3.05, 3.63) is 89.2 Å². The molecule has 0 saturated carbocycles. The number of hydrogen-bond acceptors (Lipinski definition) is 10. The maximum absolute atomic E-state index is 13.1. The lowest BCUT2D eigenvalue weighted by atomic mass is 10.1. The molecule has 0 radical (unpaired) electrons. The normalized spacial score (nSPS) is 14.0. The highest BCUT2D eigenvalue weighted by atomic mass is 16.6. The molecular weight excluding hydrogens is 526 g/mol. The van der Waals surface area contributed by atoms with E-state index in [0.717, 1.165) is 29.6 Å². The summed E-state index contributed by atoms with van der Waals surface area (Å²) in [6, 6.07) is 21.8. The van der Waals surface area contributed by atoms with Gasteiger partial charge < -0.3 is 20.1 Å². The topological polar surface area (TPSA) is 160 Å². The summed E-state index contributed by atoms with van der Waals surface area (Å²) in [5.74, 6) is 0.378. The molecule has 0 spiro atoms. The molecule has 2 aromatic heterocycles. The summed E-state index contributed by atoms with van der Waals surface area (Å²) in [4.78, 5) is 14.3. The zero-order valence-electron chi connectivity index (χ0n) is 22.1. The average Bonchev–Trinajstić information content (AvgIpc) is 3.62. The highest BCUT2D eigenvalue weighted by Gasteiger charge is 2.28. The third kappa shape index (κ3) is 5.90. The Bertz CT molecular complexity index is 1690. The number of quaternary nitrogens is 1. The maximum Gasteiger partial charge on any atom is 0.294 e. The largest absolute Gasteiger partial charge is 0.489 e. The maximum atomic E-state index is 13.1. The number of nitrogens with one attached hydrogen (secondary N) is 2. The number of carbonyl (C=O) groups excluding carboxylic acids is 1. The van der Waals surface area contributed by atoms with E-state index in [-0.39, 0.29) is 17.3 Å². The fourth-order valence-electron chi connectivity index (χ4n) is 4.70. The fraction of sp³-hybridized carbons (Fsp3) is 0.214. The van der Waals surface area contributed by atoms with Gasteiger partial charge in [-0.25, -0.2) is 10.1 Å². The number of nitrogens with zero attached hydrogens (tertiary/aromatic N) is 6. The average molecular weight is 555 g/mol. The first-order valence-corrected chi connectivity index (χ1v) is 13.1. The van der Waals surface area contributed by atoms with Crippen molar-refractivity contribution in [3.8, 4) is 11.6 Å². The van der Waals surface area contributed by atoms with E-state index in [1.165, 1.54) is 15.0 Å². The molecule has 0 unspecified atom stereocenters. The lowest BCUT2D eigenvalue weighted by Gasteiger charge is -2.23. The van der Waals surface area contributed by atoms with Crippen LogP contribution in [0.3, 0.4) is 0 Å². The van der Waals surface area contributed by atoms with Gasteiger partial charge in [-0.3, -0.25) is 4.79 Å². The molecule has 1 amide bonds. The minimum absolute atomic E-state index is 0.0423. The summed E-state index contributed by atoms with van der Waals surface area (Å²) in [5.41, 5.74) is 10.9. The van der Waals surface area contributed by atoms with Crippen LogP contribution in [0.2, 0.25) is 0 Å². The Hall–Kier alpha value is -5.14. The molecule has 208 valence electrons. The third-order valence-electron chi connectivity index (χ3n) is 6.80. The molecule has 0 bridgehead atoms. The van der Waals surface area contributed by atoms with E-state index in [2.05, 4.69) is 55.4 Å². The molecule has 1 aliphatic rings. The molecule has 0 aliphatic carbocycles. The second-order valence-corrected chi connectivity index (χ2v) is 9.51. The number of ether oxygens (including phenoxy) is 2. The zero-order valence-corrected chi connectivity index (χ0v) is 22.1. The lowest BCUT2D eigenvalue weighted by Crippen LogP contribution is -3.12. The van der Waals surface area contributed by atoms with Crippen LogP contribution in [-0.4, -0.2) is 63.7 Å². The van der Waals surface area contributed by atoms with Crippen LogP contribution in [0.25, 0.3) is 16.6 Å². The summed E-state index contributed by atoms with van der Waals surface area (Å²) in [6.07, 6.45) is 1.54. The highest BCUT2D eigenvalue weighted by molar-refractivity contribution is 5.94. The first-order chi connectivity index (χ1) is 20.2. The number of rotatable bonds is 9. The number of carbonyl (C=O) groups is 1. The van der Waals surface area contributed by atoms with Crippen LogP contribution in [0.1, 0.15) is 27.3 Å². The van der Waals surface area contributed by atoms with Crippen molar-refractivity contribution < 1.29 is 23.8 Å². The molecule has 0 atom stereocenters. The second kappa shape index (κ2) is 11.9. The Kier molecular flexibility index (Phi) is 7.60. The van der Waals surface area contributed by atoms with E-state index in [0.29, 0.717) is 37.8 Å². The Morgan fingerprint density at radius 2 is 1.93 bits per heavy atom. The van der Waals surface area contributed by atoms with Crippen LogP contribution in [0.4, 0.5) is 5.82 Å². The second-order valence-electron chi connectivity index (χ2n) is 9.51. The first kappa shape index (κ1) is 26.1. The van der Waals surface area contributed by atoms with Gasteiger partial charge in [-0.15, -0.1) is 5.10 Å². The molecule has 6 rings (SSSR count). The number of hydrogen-bond donors (Lipinski definition) is 3. The summed E-state index contributed by atoms with van der Waals surface area (Å²) in [7, 11) is 0. The predicted octanol–water partition coefficient (Wildman–Crippen LogP) is 1.14. The van der Waals surface area contributed by atoms with Gasteiger partial charge in [0.25, 0.3) is 5.91 Å². The van der Waals surface area contributed by atoms with Gasteiger partial charge in [0, 0.05) is 0 Å². The van der Waals surface area contributed by atoms with Gasteiger partial charge in [0.2, 0.25) is 11.6 Å². The van der Waals surface area contributed by atoms with Crippen molar-refractivity contribution in [1.29, 1.82) is 0 Å². The van der Waals surface area contributed by atoms with E-state index in [1.54, 1.807) is 6.21 Å². The van der Waals surface area contributed by atoms with Gasteiger partial charge in [0.1, 0.15) is 37.7 Å². The van der Waals surface area contributed by atoms with Gasteiger partial charge in [0.15, 0.2) is 5.69 Å². The predicted molar refractivity (Wildman–Crippen MR) is 149 cm³/mol. The molecule has 3 heterocycles. The molecule has 3 aromatic carbocycles. The number of fused-ring (bicyclic) bond motifs is 1. The lowest BCUT2D eigenvalue weighted by molar-refractivity contribution is -0.921. The summed E-state index contributed by atoms with van der Waals surface area (Å²) in [6.45, 7) is 3.67. The molecule has 13 heteroatoms. The third-order valence-corrected chi connectivity index (χ3v) is 6.80. The van der Waals surface area contributed by atoms with Crippen LogP contribution in [0.5, 0.6) is 5.75 Å². The van der Waals surface area contributed by atoms with Crippen LogP contribution in [-0.2, 0) is 17.9 Å². The standard InChI is InChI=1S/C28H27N9O4/c29-26-27(34-41-33-26)37-24(17-36-11-13-39-14-12-36)25(31-35-37)28(38)32-30-16-19-5-3-9-22(15-19)40-18-21-8-4-7-20-6-1-2-10-23(20)21/h1-10,15-16H,11-14,17-18H2,(H2,29,33)(H,32,38)/p+1. The van der Waals surface area contributed by atoms with Crippen molar-refractivity contribution in [3.63, 3.8) is 0 Å². The van der Waals surface area contributed by atoms with Crippen LogP contribution in [0, 0.1) is 0 Å². The smallest absolute Gasteiger partial charge is 0.294 e. The van der Waals surface area contributed by atoms with Crippen molar-refractivity contribution in [1.82, 2.24) is 30.7 Å². The minimum atomic E-state index is -0.520. The van der Waals surface area contributed by atoms with Crippen molar-refractivity contribution in [2.75, 3.05) is 32.0 Å². The van der Waals surface area contributed by atoms with Crippen molar-refractivity contribution >= 4 is 28.7 Å². The Labute approximate surface area is 234 Å². The highest BCUT2D eigenvalue weighted by Crippen LogP contribution is 2.21. The van der Waals surface area contributed by atoms with Gasteiger partial charge in [0.05, 0.1) is 19.4 Å². The van der Waals surface area contributed by atoms with E-state index in [9.17, 15) is 4.79 Å². The van der Waals surface area contributed by atoms with Gasteiger partial charge in [-0.2, -0.15) is 9.78 Å². The van der Waals surface area contributed by atoms with Gasteiger partial charge in [-0.1, -0.05) is 59.8 Å². The van der Waals surface area contributed by atoms with Crippen LogP contribution < -0.4 is 20.8 Å². The van der Waals surface area contributed by atoms with Crippen LogP contribution >= 0.6 is 0 Å². The molecule has 5 aromatic rings. The summed E-state index contributed by atoms with van der Waals surface area (Å²) < 4.78 is 17.6. The minimum Gasteiger partial charge on any atom is -0.489 e. The molecule has 41 heavy (non-hydrogen) atoms. The molecule has 4 N–H and O–H groups in total. The number of anilines is 1. The molecule has 1 aliphatic heterocycles. The molecule has 1 saturated heterocycles. The molecular formula is C28H28N9O4+. The number of morpholine rings is 1. The first-order valence-electron chi connectivity index (χ1n) is 13.1. The van der Waals surface area contributed by atoms with E-state index < -0.39 is 5.91 Å². The van der Waals surface area contributed by atoms with Crippen molar-refractivity contribution in [2.45, 2.75) is 13.2 Å². The quantitative estimate of drug-likeness (QED) is 0.179. The number of hydrazone groups is 1. The van der Waals surface area contributed by atoms with E-state index >= 15 is 0 Å². The number of amides is 1. The monoisotopic (exact) mass is 554 g/mol. The van der Waals surface area contributed by atoms with E-state index in [1.807, 2.05) is 42.5 Å². The zero-order chi connectivity index (χ0) is 28.0. The van der Waals surface area contributed by atoms with E-state index in [4.69, 9.17) is 19.8 Å². The number of benzene rings is 3. The number of nitrogen functional groups attached to an aromatic ring is 1. The summed E-state index contributed by atoms with van der Waals surface area (Å²) in [5, 5.41) is 22.1. The Morgan fingerprint density at radius 1 is 1.10 bits per heavy atom. The van der Waals surface area contributed by atoms with Crippen molar-refractivity contribution in [2.24, 2.45) is 5.10 Å². The Balaban J connectivity index is 1.14. The fourth-order valence-corrected chi connectivity index (χ4v) is 4.70. The number of nitrogens with two attached hydrogens (primary N) is 1. The summed E-state index contributed by atoms with van der Waals surface area (Å²) >= 11 is 0. The Morgan fingerprint density at radius 3 is 2.78 bits per heavy atom. The SMILES string of the molecule is Nc1nonc1-n1nnc(C(=O)NN=Cc2cccc(OCc3cccc4ccccc34)c2)c1C[NH+]1CCOCC1. The molecule has 13 nitrogen and oxygen atoms in total.